The molecule has 196 valence electrons. The molecule has 3 saturated heterocycles. The molecule has 1 aromatic rings. The van der Waals surface area contributed by atoms with Gasteiger partial charge in [0.05, 0.1) is 29.2 Å². The third-order valence-corrected chi connectivity index (χ3v) is 10.9. The predicted molar refractivity (Wildman–Crippen MR) is 140 cm³/mol. The smallest absolute Gasteiger partial charge is 0.244 e. The maximum Gasteiger partial charge on any atom is 0.244 e. The van der Waals surface area contributed by atoms with E-state index in [1.807, 2.05) is 37.3 Å². The van der Waals surface area contributed by atoms with Gasteiger partial charge in [-0.05, 0) is 44.6 Å². The molecule has 1 aromatic carbocycles. The SMILES string of the molecule is CCCNC(=O)[C@@H]1[C@H]2C(=O)N([C@H](CO)c3ccccc3)C(C(=O)NC3CCCCC3)C23CC[C@@]1(C)S3. The van der Waals surface area contributed by atoms with Crippen molar-refractivity contribution in [3.8, 4) is 0 Å². The molecular formula is C28H39N3O4S. The molecule has 3 N–H and O–H groups in total. The molecule has 3 amide bonds. The number of carbonyl (C=O) groups excluding carboxylic acids is 3. The summed E-state index contributed by atoms with van der Waals surface area (Å²) < 4.78 is -1.05. The molecule has 2 unspecified atom stereocenters. The molecular weight excluding hydrogens is 474 g/mol. The number of hydrogen-bond acceptors (Lipinski definition) is 5. The minimum absolute atomic E-state index is 0.0830. The zero-order chi connectivity index (χ0) is 25.5. The van der Waals surface area contributed by atoms with Gasteiger partial charge in [-0.15, -0.1) is 11.8 Å². The summed E-state index contributed by atoms with van der Waals surface area (Å²) in [6.45, 7) is 4.40. The van der Waals surface area contributed by atoms with Crippen LogP contribution in [0.25, 0.3) is 0 Å². The lowest BCUT2D eigenvalue weighted by molar-refractivity contribution is -0.143. The molecule has 2 bridgehead atoms. The Kier molecular flexibility index (Phi) is 7.11. The number of nitrogens with zero attached hydrogens (tertiary/aromatic N) is 1. The van der Waals surface area contributed by atoms with Crippen molar-refractivity contribution in [1.82, 2.24) is 15.5 Å². The Bertz CT molecular complexity index is 1000. The van der Waals surface area contributed by atoms with Gasteiger partial charge in [-0.2, -0.15) is 0 Å². The highest BCUT2D eigenvalue weighted by Crippen LogP contribution is 2.72. The summed E-state index contributed by atoms with van der Waals surface area (Å²) >= 11 is 1.68. The number of amides is 3. The highest BCUT2D eigenvalue weighted by atomic mass is 32.2. The molecule has 4 fully saturated rings. The lowest BCUT2D eigenvalue weighted by atomic mass is 9.66. The number of aliphatic hydroxyl groups is 1. The van der Waals surface area contributed by atoms with Crippen molar-refractivity contribution in [2.75, 3.05) is 13.2 Å². The molecule has 0 aromatic heterocycles. The maximum atomic E-state index is 14.3. The summed E-state index contributed by atoms with van der Waals surface area (Å²) in [7, 11) is 0. The number of rotatable bonds is 8. The van der Waals surface area contributed by atoms with Gasteiger partial charge in [0.2, 0.25) is 17.7 Å². The molecule has 8 heteroatoms. The van der Waals surface area contributed by atoms with Crippen LogP contribution in [0.2, 0.25) is 0 Å². The second kappa shape index (κ2) is 10.0. The van der Waals surface area contributed by atoms with E-state index < -0.39 is 28.7 Å². The minimum Gasteiger partial charge on any atom is -0.394 e. The summed E-state index contributed by atoms with van der Waals surface area (Å²) in [4.78, 5) is 43.5. The van der Waals surface area contributed by atoms with Gasteiger partial charge in [0.15, 0.2) is 0 Å². The van der Waals surface area contributed by atoms with Gasteiger partial charge in [-0.25, -0.2) is 0 Å². The van der Waals surface area contributed by atoms with Crippen LogP contribution >= 0.6 is 11.8 Å². The molecule has 4 aliphatic rings. The molecule has 36 heavy (non-hydrogen) atoms. The van der Waals surface area contributed by atoms with E-state index in [1.54, 1.807) is 16.7 Å². The number of aliphatic hydroxyl groups excluding tert-OH is 1. The topological polar surface area (TPSA) is 98.7 Å². The van der Waals surface area contributed by atoms with Crippen LogP contribution in [0.3, 0.4) is 0 Å². The molecule has 3 heterocycles. The van der Waals surface area contributed by atoms with E-state index in [-0.39, 0.29) is 35.1 Å². The first kappa shape index (κ1) is 25.6. The van der Waals surface area contributed by atoms with Crippen molar-refractivity contribution in [3.63, 3.8) is 0 Å². The van der Waals surface area contributed by atoms with E-state index in [0.29, 0.717) is 13.0 Å². The number of thioether (sulfide) groups is 1. The molecule has 1 aliphatic carbocycles. The van der Waals surface area contributed by atoms with Crippen LogP contribution in [0.5, 0.6) is 0 Å². The van der Waals surface area contributed by atoms with Crippen LogP contribution in [0, 0.1) is 11.8 Å². The summed E-state index contributed by atoms with van der Waals surface area (Å²) in [5, 5.41) is 16.9. The highest BCUT2D eigenvalue weighted by molar-refractivity contribution is 8.02. The second-order valence-electron chi connectivity index (χ2n) is 11.2. The van der Waals surface area contributed by atoms with E-state index in [2.05, 4.69) is 17.6 Å². The third kappa shape index (κ3) is 4.05. The third-order valence-electron chi connectivity index (χ3n) is 8.94. The Morgan fingerprint density at radius 3 is 2.53 bits per heavy atom. The highest BCUT2D eigenvalue weighted by Gasteiger charge is 2.77. The zero-order valence-electron chi connectivity index (χ0n) is 21.4. The molecule has 7 nitrogen and oxygen atoms in total. The van der Waals surface area contributed by atoms with Crippen LogP contribution in [0.15, 0.2) is 30.3 Å². The van der Waals surface area contributed by atoms with Crippen molar-refractivity contribution in [1.29, 1.82) is 0 Å². The Hall–Kier alpha value is -2.06. The zero-order valence-corrected chi connectivity index (χ0v) is 22.2. The summed E-state index contributed by atoms with van der Waals surface area (Å²) in [6, 6.07) is 8.23. The Morgan fingerprint density at radius 2 is 1.86 bits per heavy atom. The number of fused-ring (bicyclic) bond motifs is 1. The number of likely N-dealkylation sites (tertiary alicyclic amines) is 1. The molecule has 6 atom stereocenters. The normalized spacial score (nSPS) is 34.5. The van der Waals surface area contributed by atoms with Gasteiger partial charge in [0.25, 0.3) is 0 Å². The quantitative estimate of drug-likeness (QED) is 0.496. The van der Waals surface area contributed by atoms with Crippen LogP contribution in [0.1, 0.15) is 76.8 Å². The fraction of sp³-hybridized carbons (Fsp3) is 0.679. The van der Waals surface area contributed by atoms with Gasteiger partial charge >= 0.3 is 0 Å². The van der Waals surface area contributed by atoms with Gasteiger partial charge in [0.1, 0.15) is 6.04 Å². The lowest BCUT2D eigenvalue weighted by Crippen LogP contribution is -2.56. The fourth-order valence-electron chi connectivity index (χ4n) is 7.31. The first-order chi connectivity index (χ1) is 17.4. The Balaban J connectivity index is 1.55. The summed E-state index contributed by atoms with van der Waals surface area (Å²) in [6.07, 6.45) is 7.64. The average Bonchev–Trinajstić information content (AvgIpc) is 3.45. The monoisotopic (exact) mass is 513 g/mol. The van der Waals surface area contributed by atoms with Crippen LogP contribution in [-0.4, -0.2) is 62.5 Å². The molecule has 1 saturated carbocycles. The summed E-state index contributed by atoms with van der Waals surface area (Å²) in [5.41, 5.74) is 0.804. The largest absolute Gasteiger partial charge is 0.394 e. The molecule has 1 spiro atoms. The molecule has 5 rings (SSSR count). The van der Waals surface area contributed by atoms with Crippen molar-refractivity contribution >= 4 is 29.5 Å². The van der Waals surface area contributed by atoms with E-state index in [4.69, 9.17) is 0 Å². The van der Waals surface area contributed by atoms with Crippen LogP contribution in [0.4, 0.5) is 0 Å². The van der Waals surface area contributed by atoms with Crippen molar-refractivity contribution in [2.24, 2.45) is 11.8 Å². The average molecular weight is 514 g/mol. The van der Waals surface area contributed by atoms with Gasteiger partial charge in [0, 0.05) is 17.3 Å². The molecule has 0 radical (unpaired) electrons. The van der Waals surface area contributed by atoms with E-state index in [0.717, 1.165) is 44.1 Å². The standard InChI is InChI=1S/C28H39N3O4S/c1-3-16-29-24(33)21-22-26(35)31(20(17-32)18-10-6-4-7-11-18)23(28(22)15-14-27(21,2)36-28)25(34)30-19-12-8-5-9-13-19/h4,6-7,10-11,19-23,32H,3,5,8-9,12-17H2,1-2H3,(H,29,33)(H,30,34)/t20-,21+,22+,23?,27-,28?/m1/s1. The van der Waals surface area contributed by atoms with E-state index in [9.17, 15) is 19.5 Å². The Morgan fingerprint density at radius 1 is 1.14 bits per heavy atom. The van der Waals surface area contributed by atoms with Crippen molar-refractivity contribution < 1.29 is 19.5 Å². The second-order valence-corrected chi connectivity index (χ2v) is 13.1. The van der Waals surface area contributed by atoms with Crippen LogP contribution in [-0.2, 0) is 14.4 Å². The first-order valence-electron chi connectivity index (χ1n) is 13.6. The van der Waals surface area contributed by atoms with Crippen LogP contribution < -0.4 is 10.6 Å². The number of benzene rings is 1. The predicted octanol–water partition coefficient (Wildman–Crippen LogP) is 3.18. The van der Waals surface area contributed by atoms with Crippen molar-refractivity contribution in [3.05, 3.63) is 35.9 Å². The fourth-order valence-corrected chi connectivity index (χ4v) is 9.66. The van der Waals surface area contributed by atoms with E-state index >= 15 is 0 Å². The number of hydrogen-bond donors (Lipinski definition) is 3. The molecule has 3 aliphatic heterocycles. The minimum atomic E-state index is -0.718. The number of carbonyl (C=O) groups is 3. The van der Waals surface area contributed by atoms with Gasteiger partial charge in [-0.3, -0.25) is 14.4 Å². The first-order valence-corrected chi connectivity index (χ1v) is 14.4. The maximum absolute atomic E-state index is 14.3. The Labute approximate surface area is 218 Å². The number of nitrogens with one attached hydrogen (secondary N) is 2. The van der Waals surface area contributed by atoms with Crippen molar-refractivity contribution in [2.45, 2.75) is 92.8 Å². The van der Waals surface area contributed by atoms with Gasteiger partial charge < -0.3 is 20.6 Å². The lowest BCUT2D eigenvalue weighted by Gasteiger charge is -2.38. The van der Waals surface area contributed by atoms with E-state index in [1.165, 1.54) is 6.42 Å². The van der Waals surface area contributed by atoms with Gasteiger partial charge in [-0.1, -0.05) is 56.5 Å². The summed E-state index contributed by atoms with van der Waals surface area (Å²) in [5.74, 6) is -1.44.